The van der Waals surface area contributed by atoms with Crippen LogP contribution in [0.25, 0.3) is 0 Å². The molecule has 1 aromatic rings. The van der Waals surface area contributed by atoms with E-state index < -0.39 is 0 Å². The van der Waals surface area contributed by atoms with Crippen LogP contribution < -0.4 is 0 Å². The van der Waals surface area contributed by atoms with Crippen LogP contribution in [0.2, 0.25) is 0 Å². The van der Waals surface area contributed by atoms with E-state index in [4.69, 9.17) is 9.47 Å². The Morgan fingerprint density at radius 1 is 0.867 bits per heavy atom. The van der Waals surface area contributed by atoms with Crippen molar-refractivity contribution in [2.45, 2.75) is 20.8 Å². The Hall–Kier alpha value is -0.860. The molecule has 2 heteroatoms. The van der Waals surface area contributed by atoms with Crippen molar-refractivity contribution >= 4 is 0 Å². The SMILES string of the molecule is CCOCCOCC.Cc1ccccc1. The number of benzene rings is 1. The molecule has 15 heavy (non-hydrogen) atoms. The molecule has 0 spiro atoms. The second-order valence-electron chi connectivity index (χ2n) is 3.05. The topological polar surface area (TPSA) is 18.5 Å². The van der Waals surface area contributed by atoms with Gasteiger partial charge >= 0.3 is 0 Å². The first kappa shape index (κ1) is 14.1. The Kier molecular flexibility index (Phi) is 10.6. The molecule has 0 aromatic heterocycles. The van der Waals surface area contributed by atoms with Crippen molar-refractivity contribution in [3.8, 4) is 0 Å². The van der Waals surface area contributed by atoms with Crippen molar-refractivity contribution < 1.29 is 9.47 Å². The molecule has 0 aliphatic rings. The molecule has 0 atom stereocenters. The third kappa shape index (κ3) is 11.1. The van der Waals surface area contributed by atoms with Gasteiger partial charge in [0.25, 0.3) is 0 Å². The van der Waals surface area contributed by atoms with Gasteiger partial charge in [0.05, 0.1) is 13.2 Å². The summed E-state index contributed by atoms with van der Waals surface area (Å²) in [6.07, 6.45) is 0. The second-order valence-corrected chi connectivity index (χ2v) is 3.05. The normalized spacial score (nSPS) is 9.27. The van der Waals surface area contributed by atoms with Gasteiger partial charge in [0.2, 0.25) is 0 Å². The number of ether oxygens (including phenoxy) is 2. The van der Waals surface area contributed by atoms with E-state index in [0.717, 1.165) is 26.4 Å². The van der Waals surface area contributed by atoms with Gasteiger partial charge in [-0.15, -0.1) is 0 Å². The second kappa shape index (κ2) is 11.2. The lowest BCUT2D eigenvalue weighted by Crippen LogP contribution is -2.02. The Bertz CT molecular complexity index is 203. The molecule has 0 fully saturated rings. The molecule has 86 valence electrons. The van der Waals surface area contributed by atoms with Crippen LogP contribution in [-0.2, 0) is 9.47 Å². The molecule has 0 saturated heterocycles. The molecule has 0 radical (unpaired) electrons. The minimum absolute atomic E-state index is 0.727. The molecule has 0 N–H and O–H groups in total. The Morgan fingerprint density at radius 2 is 1.33 bits per heavy atom. The fourth-order valence-electron chi connectivity index (χ4n) is 0.941. The van der Waals surface area contributed by atoms with Gasteiger partial charge in [-0.05, 0) is 20.8 Å². The molecule has 2 nitrogen and oxygen atoms in total. The largest absolute Gasteiger partial charge is 0.379 e. The van der Waals surface area contributed by atoms with E-state index in [0.29, 0.717) is 0 Å². The van der Waals surface area contributed by atoms with Crippen molar-refractivity contribution in [2.75, 3.05) is 26.4 Å². The molecule has 1 rings (SSSR count). The van der Waals surface area contributed by atoms with Gasteiger partial charge in [-0.1, -0.05) is 35.9 Å². The number of aryl methyl sites for hydroxylation is 1. The van der Waals surface area contributed by atoms with E-state index in [-0.39, 0.29) is 0 Å². The zero-order valence-electron chi connectivity index (χ0n) is 10.0. The Morgan fingerprint density at radius 3 is 1.60 bits per heavy atom. The van der Waals surface area contributed by atoms with Gasteiger partial charge in [0.1, 0.15) is 0 Å². The first-order valence-corrected chi connectivity index (χ1v) is 5.48. The summed E-state index contributed by atoms with van der Waals surface area (Å²) in [6.45, 7) is 9.06. The van der Waals surface area contributed by atoms with E-state index in [1.165, 1.54) is 5.56 Å². The van der Waals surface area contributed by atoms with Crippen molar-refractivity contribution in [1.82, 2.24) is 0 Å². The predicted octanol–water partition coefficient (Wildman–Crippen LogP) is 3.05. The van der Waals surface area contributed by atoms with Crippen molar-refractivity contribution in [2.24, 2.45) is 0 Å². The quantitative estimate of drug-likeness (QED) is 0.695. The highest BCUT2D eigenvalue weighted by molar-refractivity contribution is 5.11. The molecule has 0 aliphatic heterocycles. The zero-order valence-corrected chi connectivity index (χ0v) is 10.0. The summed E-state index contributed by atoms with van der Waals surface area (Å²) in [5.41, 5.74) is 1.32. The molecule has 1 aromatic carbocycles. The highest BCUT2D eigenvalue weighted by atomic mass is 16.5. The summed E-state index contributed by atoms with van der Waals surface area (Å²) in [4.78, 5) is 0. The van der Waals surface area contributed by atoms with E-state index in [1.54, 1.807) is 0 Å². The van der Waals surface area contributed by atoms with Crippen LogP contribution in [0.4, 0.5) is 0 Å². The van der Waals surface area contributed by atoms with Gasteiger partial charge in [-0.2, -0.15) is 0 Å². The summed E-state index contributed by atoms with van der Waals surface area (Å²) in [5.74, 6) is 0. The first-order chi connectivity index (χ1) is 7.31. The van der Waals surface area contributed by atoms with Gasteiger partial charge in [-0.3, -0.25) is 0 Å². The van der Waals surface area contributed by atoms with E-state index >= 15 is 0 Å². The third-order valence-corrected chi connectivity index (χ3v) is 1.72. The average Bonchev–Trinajstić information content (AvgIpc) is 2.27. The molecule has 0 saturated carbocycles. The summed E-state index contributed by atoms with van der Waals surface area (Å²) >= 11 is 0. The monoisotopic (exact) mass is 210 g/mol. The fraction of sp³-hybridized carbons (Fsp3) is 0.538. The van der Waals surface area contributed by atoms with Crippen molar-refractivity contribution in [3.63, 3.8) is 0 Å². The van der Waals surface area contributed by atoms with E-state index in [9.17, 15) is 0 Å². The molecule has 0 aliphatic carbocycles. The Balaban J connectivity index is 0.000000262. The number of rotatable bonds is 5. The highest BCUT2D eigenvalue weighted by Gasteiger charge is 1.81. The fourth-order valence-corrected chi connectivity index (χ4v) is 0.941. The van der Waals surface area contributed by atoms with Gasteiger partial charge in [0.15, 0.2) is 0 Å². The van der Waals surface area contributed by atoms with Gasteiger partial charge in [-0.25, -0.2) is 0 Å². The maximum atomic E-state index is 5.01. The summed E-state index contributed by atoms with van der Waals surface area (Å²) in [7, 11) is 0. The van der Waals surface area contributed by atoms with Crippen LogP contribution in [0.5, 0.6) is 0 Å². The zero-order chi connectivity index (χ0) is 11.4. The molecule has 0 heterocycles. The summed E-state index contributed by atoms with van der Waals surface area (Å²) in [6, 6.07) is 10.3. The highest BCUT2D eigenvalue weighted by Crippen LogP contribution is 1.92. The van der Waals surface area contributed by atoms with Gasteiger partial charge < -0.3 is 9.47 Å². The summed E-state index contributed by atoms with van der Waals surface area (Å²) in [5, 5.41) is 0. The van der Waals surface area contributed by atoms with Crippen molar-refractivity contribution in [1.29, 1.82) is 0 Å². The standard InChI is InChI=1S/C7H8.C6H14O2/c1-7-5-3-2-4-6-7;1-3-7-5-6-8-4-2/h2-6H,1H3;3-6H2,1-2H3. The van der Waals surface area contributed by atoms with E-state index in [2.05, 4.69) is 19.1 Å². The van der Waals surface area contributed by atoms with Crippen molar-refractivity contribution in [3.05, 3.63) is 35.9 Å². The van der Waals surface area contributed by atoms with Crippen LogP contribution >= 0.6 is 0 Å². The van der Waals surface area contributed by atoms with E-state index in [1.807, 2.05) is 32.0 Å². The predicted molar refractivity (Wildman–Crippen MR) is 64.2 cm³/mol. The lowest BCUT2D eigenvalue weighted by molar-refractivity contribution is 0.0584. The molecule has 0 unspecified atom stereocenters. The molecular weight excluding hydrogens is 188 g/mol. The van der Waals surface area contributed by atoms with Crippen LogP contribution in [-0.4, -0.2) is 26.4 Å². The van der Waals surface area contributed by atoms with Crippen LogP contribution in [0, 0.1) is 6.92 Å². The van der Waals surface area contributed by atoms with Crippen LogP contribution in [0.1, 0.15) is 19.4 Å². The Labute approximate surface area is 93.2 Å². The lowest BCUT2D eigenvalue weighted by atomic mass is 10.2. The minimum atomic E-state index is 0.727. The summed E-state index contributed by atoms with van der Waals surface area (Å²) < 4.78 is 10.0. The molecule has 0 bridgehead atoms. The van der Waals surface area contributed by atoms with Gasteiger partial charge in [0, 0.05) is 13.2 Å². The maximum Gasteiger partial charge on any atom is 0.0700 e. The average molecular weight is 210 g/mol. The molecule has 0 amide bonds. The third-order valence-electron chi connectivity index (χ3n) is 1.72. The van der Waals surface area contributed by atoms with Crippen LogP contribution in [0.15, 0.2) is 30.3 Å². The minimum Gasteiger partial charge on any atom is -0.379 e. The number of hydrogen-bond acceptors (Lipinski definition) is 2. The number of hydrogen-bond donors (Lipinski definition) is 0. The smallest absolute Gasteiger partial charge is 0.0700 e. The van der Waals surface area contributed by atoms with Crippen LogP contribution in [0.3, 0.4) is 0 Å². The lowest BCUT2D eigenvalue weighted by Gasteiger charge is -1.99. The maximum absolute atomic E-state index is 5.01. The first-order valence-electron chi connectivity index (χ1n) is 5.48. The molecular formula is C13H22O2.